The summed E-state index contributed by atoms with van der Waals surface area (Å²) in [6, 6.07) is 53.0. The molecule has 47 heavy (non-hydrogen) atoms. The van der Waals surface area contributed by atoms with Crippen molar-refractivity contribution in [2.24, 2.45) is 5.92 Å². The fourth-order valence-electron chi connectivity index (χ4n) is 7.07. The van der Waals surface area contributed by atoms with Gasteiger partial charge in [-0.2, -0.15) is 0 Å². The van der Waals surface area contributed by atoms with Gasteiger partial charge >= 0.3 is 0 Å². The molecule has 0 amide bonds. The van der Waals surface area contributed by atoms with Crippen LogP contribution < -0.4 is 0 Å². The molecule has 1 heterocycles. The largest absolute Gasteiger partial charge is 0.264 e. The van der Waals surface area contributed by atoms with Gasteiger partial charge in [-0.15, -0.1) is 0 Å². The van der Waals surface area contributed by atoms with Crippen molar-refractivity contribution >= 4 is 38.4 Å². The molecule has 8 rings (SSSR count). The molecule has 1 heteroatoms. The molecule has 0 unspecified atom stereocenters. The number of nitrogens with zero attached hydrogens (tertiary/aromatic N) is 1. The van der Waals surface area contributed by atoms with Gasteiger partial charge in [0.15, 0.2) is 0 Å². The number of pyridine rings is 1. The van der Waals surface area contributed by atoms with Crippen LogP contribution in [-0.2, 0) is 0 Å². The topological polar surface area (TPSA) is 12.9 Å². The first kappa shape index (κ1) is 28.7. The van der Waals surface area contributed by atoms with Crippen molar-refractivity contribution in [2.75, 3.05) is 0 Å². The lowest BCUT2D eigenvalue weighted by atomic mass is 9.83. The van der Waals surface area contributed by atoms with E-state index in [0.29, 0.717) is 5.92 Å². The lowest BCUT2D eigenvalue weighted by Crippen LogP contribution is -1.93. The molecule has 0 aliphatic rings. The van der Waals surface area contributed by atoms with Crippen molar-refractivity contribution in [1.82, 2.24) is 4.98 Å². The third kappa shape index (κ3) is 5.20. The first-order chi connectivity index (χ1) is 23.2. The van der Waals surface area contributed by atoms with Crippen LogP contribution in [0.2, 0.25) is 0 Å². The monoisotopic (exact) mass is 601 g/mol. The van der Waals surface area contributed by atoms with E-state index in [9.17, 15) is 0 Å². The molecule has 0 atom stereocenters. The number of rotatable bonds is 6. The summed E-state index contributed by atoms with van der Waals surface area (Å²) in [6.45, 7) is 4.44. The molecule has 0 fully saturated rings. The van der Waals surface area contributed by atoms with Crippen molar-refractivity contribution in [3.05, 3.63) is 170 Å². The van der Waals surface area contributed by atoms with E-state index in [1.165, 1.54) is 76.8 Å². The van der Waals surface area contributed by atoms with Crippen LogP contribution in [0.3, 0.4) is 0 Å². The van der Waals surface area contributed by atoms with Crippen molar-refractivity contribution in [3.63, 3.8) is 0 Å². The van der Waals surface area contributed by atoms with Gasteiger partial charge in [-0.3, -0.25) is 4.98 Å². The highest BCUT2D eigenvalue weighted by Gasteiger charge is 2.19. The zero-order valence-corrected chi connectivity index (χ0v) is 26.7. The standard InChI is InChI=1S/C46H35N/c1-31(2)25-26-32-13-10-16-34(29-32)45-40-17-6-8-19-42(40)46(43-20-9-7-18-41(43)45)39-24-12-21-36-37(39)22-11-23-38(36)44-30-47-28-27-35(44)33-14-4-3-5-15-33/h3-31H,1-2H3/b26-25-. The highest BCUT2D eigenvalue weighted by Crippen LogP contribution is 2.46. The Hall–Kier alpha value is -5.79. The van der Waals surface area contributed by atoms with Gasteiger partial charge < -0.3 is 0 Å². The minimum absolute atomic E-state index is 0.504. The molecule has 1 aromatic heterocycles. The summed E-state index contributed by atoms with van der Waals surface area (Å²) in [5.41, 5.74) is 10.9. The minimum atomic E-state index is 0.504. The Kier molecular flexibility index (Phi) is 7.44. The third-order valence-electron chi connectivity index (χ3n) is 9.17. The van der Waals surface area contributed by atoms with E-state index < -0.39 is 0 Å². The van der Waals surface area contributed by atoms with Crippen LogP contribution in [0, 0.1) is 5.92 Å². The summed E-state index contributed by atoms with van der Waals surface area (Å²) in [7, 11) is 0. The Bertz CT molecular complexity index is 2370. The SMILES string of the molecule is CC(C)/C=C\c1cccc(-c2c3ccccc3c(-c3cccc4c(-c5cnccc5-c5ccccc5)cccc34)c3ccccc23)c1. The van der Waals surface area contributed by atoms with Crippen LogP contribution in [-0.4, -0.2) is 4.98 Å². The highest BCUT2D eigenvalue weighted by molar-refractivity contribution is 6.24. The molecule has 0 saturated heterocycles. The predicted molar refractivity (Wildman–Crippen MR) is 202 cm³/mol. The number of hydrogen-bond acceptors (Lipinski definition) is 1. The maximum Gasteiger partial charge on any atom is 0.0352 e. The van der Waals surface area contributed by atoms with Gasteiger partial charge in [0.25, 0.3) is 0 Å². The van der Waals surface area contributed by atoms with Crippen LogP contribution in [0.25, 0.3) is 82.9 Å². The van der Waals surface area contributed by atoms with Gasteiger partial charge in [0, 0.05) is 18.0 Å². The molecule has 0 spiro atoms. The molecule has 224 valence electrons. The second kappa shape index (κ2) is 12.2. The summed E-state index contributed by atoms with van der Waals surface area (Å²) < 4.78 is 0. The fourth-order valence-corrected chi connectivity index (χ4v) is 7.07. The number of hydrogen-bond donors (Lipinski definition) is 0. The molecule has 7 aromatic carbocycles. The number of fused-ring (bicyclic) bond motifs is 3. The van der Waals surface area contributed by atoms with Crippen molar-refractivity contribution in [3.8, 4) is 44.5 Å². The maximum absolute atomic E-state index is 4.58. The Morgan fingerprint density at radius 1 is 0.447 bits per heavy atom. The summed E-state index contributed by atoms with van der Waals surface area (Å²) in [4.78, 5) is 4.58. The predicted octanol–water partition coefficient (Wildman–Crippen LogP) is 12.9. The number of allylic oxidation sites excluding steroid dienone is 1. The third-order valence-corrected chi connectivity index (χ3v) is 9.17. The molecule has 0 saturated carbocycles. The Morgan fingerprint density at radius 3 is 1.68 bits per heavy atom. The minimum Gasteiger partial charge on any atom is -0.264 e. The van der Waals surface area contributed by atoms with E-state index in [2.05, 4.69) is 177 Å². The summed E-state index contributed by atoms with van der Waals surface area (Å²) >= 11 is 0. The molecule has 0 radical (unpaired) electrons. The van der Waals surface area contributed by atoms with E-state index >= 15 is 0 Å². The van der Waals surface area contributed by atoms with Crippen molar-refractivity contribution < 1.29 is 0 Å². The molecule has 1 nitrogen and oxygen atoms in total. The average molecular weight is 602 g/mol. The van der Waals surface area contributed by atoms with E-state index in [1.54, 1.807) is 0 Å². The first-order valence-corrected chi connectivity index (χ1v) is 16.4. The van der Waals surface area contributed by atoms with E-state index in [1.807, 2.05) is 12.4 Å². The lowest BCUT2D eigenvalue weighted by molar-refractivity contribution is 0.836. The Morgan fingerprint density at radius 2 is 1.00 bits per heavy atom. The highest BCUT2D eigenvalue weighted by atomic mass is 14.6. The van der Waals surface area contributed by atoms with Crippen LogP contribution in [0.5, 0.6) is 0 Å². The zero-order chi connectivity index (χ0) is 31.7. The molecular weight excluding hydrogens is 567 g/mol. The average Bonchev–Trinajstić information content (AvgIpc) is 3.13. The fraction of sp³-hybridized carbons (Fsp3) is 0.0652. The Labute approximate surface area is 276 Å². The maximum atomic E-state index is 4.58. The van der Waals surface area contributed by atoms with Crippen LogP contribution >= 0.6 is 0 Å². The summed E-state index contributed by atoms with van der Waals surface area (Å²) in [5, 5.41) is 7.49. The van der Waals surface area contributed by atoms with Crippen molar-refractivity contribution in [1.29, 1.82) is 0 Å². The van der Waals surface area contributed by atoms with E-state index in [0.717, 1.165) is 5.56 Å². The number of benzene rings is 7. The van der Waals surface area contributed by atoms with Crippen LogP contribution in [0.1, 0.15) is 19.4 Å². The van der Waals surface area contributed by atoms with E-state index in [4.69, 9.17) is 0 Å². The van der Waals surface area contributed by atoms with Gasteiger partial charge in [0.1, 0.15) is 0 Å². The normalized spacial score (nSPS) is 11.7. The summed E-state index contributed by atoms with van der Waals surface area (Å²) in [6.07, 6.45) is 8.40. The second-order valence-electron chi connectivity index (χ2n) is 12.6. The quantitative estimate of drug-likeness (QED) is 0.173. The first-order valence-electron chi connectivity index (χ1n) is 16.4. The van der Waals surface area contributed by atoms with E-state index in [-0.39, 0.29) is 0 Å². The molecule has 0 aliphatic carbocycles. The van der Waals surface area contributed by atoms with Crippen molar-refractivity contribution in [2.45, 2.75) is 13.8 Å². The Balaban J connectivity index is 1.40. The van der Waals surface area contributed by atoms with Gasteiger partial charge in [-0.25, -0.2) is 0 Å². The lowest BCUT2D eigenvalue weighted by Gasteiger charge is -2.20. The molecule has 0 bridgehead atoms. The zero-order valence-electron chi connectivity index (χ0n) is 26.7. The summed E-state index contributed by atoms with van der Waals surface area (Å²) in [5.74, 6) is 0.504. The van der Waals surface area contributed by atoms with Gasteiger partial charge in [-0.05, 0) is 94.9 Å². The smallest absolute Gasteiger partial charge is 0.0352 e. The molecular formula is C46H35N. The second-order valence-corrected chi connectivity index (χ2v) is 12.6. The van der Waals surface area contributed by atoms with Gasteiger partial charge in [0.05, 0.1) is 0 Å². The molecule has 8 aromatic rings. The van der Waals surface area contributed by atoms with Crippen LogP contribution in [0.15, 0.2) is 164 Å². The van der Waals surface area contributed by atoms with Gasteiger partial charge in [-0.1, -0.05) is 159 Å². The van der Waals surface area contributed by atoms with Crippen LogP contribution in [0.4, 0.5) is 0 Å². The van der Waals surface area contributed by atoms with Gasteiger partial charge in [0.2, 0.25) is 0 Å². The molecule has 0 N–H and O–H groups in total. The molecule has 0 aliphatic heterocycles. The number of aromatic nitrogens is 1.